The molecule has 29 heavy (non-hydrogen) atoms. The monoisotopic (exact) mass is 453 g/mol. The van der Waals surface area contributed by atoms with Gasteiger partial charge in [0.1, 0.15) is 5.75 Å². The number of nitrogens with one attached hydrogen (secondary N) is 2. The third-order valence-electron chi connectivity index (χ3n) is 4.15. The molecule has 0 aliphatic carbocycles. The Morgan fingerprint density at radius 1 is 1.03 bits per heavy atom. The zero-order valence-electron chi connectivity index (χ0n) is 15.8. The number of aromatic nitrogens is 1. The molecule has 0 unspecified atom stereocenters. The van der Waals surface area contributed by atoms with E-state index >= 15 is 0 Å². The fraction of sp³-hybridized carbons (Fsp3) is 0.136. The van der Waals surface area contributed by atoms with Gasteiger partial charge >= 0.3 is 0 Å². The summed E-state index contributed by atoms with van der Waals surface area (Å²) >= 11 is 3.35. The van der Waals surface area contributed by atoms with Crippen molar-refractivity contribution in [3.63, 3.8) is 0 Å². The summed E-state index contributed by atoms with van der Waals surface area (Å²) in [5, 5.41) is 5.59. The number of para-hydroxylation sites is 1. The van der Waals surface area contributed by atoms with Crippen molar-refractivity contribution in [1.82, 2.24) is 10.3 Å². The van der Waals surface area contributed by atoms with Gasteiger partial charge in [0.2, 0.25) is 0 Å². The van der Waals surface area contributed by atoms with Crippen LogP contribution in [0.4, 0.5) is 5.69 Å². The van der Waals surface area contributed by atoms with E-state index in [0.717, 1.165) is 15.7 Å². The standard InChI is InChI=1S/C22H20BrN3O3/c1-15-5-4-12-24-19(15)13-25-22(28)18-6-2-3-7-20(18)29-14-21(27)26-17-10-8-16(23)9-11-17/h2-12H,13-14H2,1H3,(H,25,28)(H,26,27). The summed E-state index contributed by atoms with van der Waals surface area (Å²) in [4.78, 5) is 29.0. The van der Waals surface area contributed by atoms with Gasteiger partial charge < -0.3 is 15.4 Å². The molecule has 0 saturated carbocycles. The van der Waals surface area contributed by atoms with Crippen LogP contribution in [0.3, 0.4) is 0 Å². The number of nitrogens with zero attached hydrogens (tertiary/aromatic N) is 1. The van der Waals surface area contributed by atoms with Crippen molar-refractivity contribution in [3.05, 3.63) is 88.2 Å². The first-order valence-corrected chi connectivity index (χ1v) is 9.78. The molecule has 1 heterocycles. The Hall–Kier alpha value is -3.19. The van der Waals surface area contributed by atoms with Gasteiger partial charge in [-0.25, -0.2) is 0 Å². The lowest BCUT2D eigenvalue weighted by Crippen LogP contribution is -2.25. The Kier molecular flexibility index (Phi) is 6.97. The maximum Gasteiger partial charge on any atom is 0.262 e. The predicted molar refractivity (Wildman–Crippen MR) is 115 cm³/mol. The second kappa shape index (κ2) is 9.84. The Balaban J connectivity index is 1.59. The van der Waals surface area contributed by atoms with Crippen LogP contribution < -0.4 is 15.4 Å². The maximum atomic E-state index is 12.6. The van der Waals surface area contributed by atoms with Crippen LogP contribution in [0.5, 0.6) is 5.75 Å². The SMILES string of the molecule is Cc1cccnc1CNC(=O)c1ccccc1OCC(=O)Nc1ccc(Br)cc1. The maximum absolute atomic E-state index is 12.6. The van der Waals surface area contributed by atoms with E-state index in [0.29, 0.717) is 23.5 Å². The molecule has 2 N–H and O–H groups in total. The van der Waals surface area contributed by atoms with Gasteiger partial charge in [-0.1, -0.05) is 34.1 Å². The highest BCUT2D eigenvalue weighted by molar-refractivity contribution is 9.10. The van der Waals surface area contributed by atoms with Gasteiger partial charge in [0.05, 0.1) is 17.8 Å². The third-order valence-corrected chi connectivity index (χ3v) is 4.68. The second-order valence-electron chi connectivity index (χ2n) is 6.29. The molecule has 0 aliphatic rings. The van der Waals surface area contributed by atoms with Gasteiger partial charge in [-0.2, -0.15) is 0 Å². The highest BCUT2D eigenvalue weighted by Gasteiger charge is 2.14. The van der Waals surface area contributed by atoms with Crippen LogP contribution in [-0.2, 0) is 11.3 Å². The lowest BCUT2D eigenvalue weighted by Gasteiger charge is -2.12. The summed E-state index contributed by atoms with van der Waals surface area (Å²) in [7, 11) is 0. The average Bonchev–Trinajstić information content (AvgIpc) is 2.73. The molecule has 3 rings (SSSR count). The van der Waals surface area contributed by atoms with Crippen molar-refractivity contribution in [3.8, 4) is 5.75 Å². The summed E-state index contributed by atoms with van der Waals surface area (Å²) in [6.07, 6.45) is 1.69. The third kappa shape index (κ3) is 5.89. The van der Waals surface area contributed by atoms with Crippen LogP contribution >= 0.6 is 15.9 Å². The molecular formula is C22H20BrN3O3. The van der Waals surface area contributed by atoms with Crippen LogP contribution in [0.25, 0.3) is 0 Å². The quantitative estimate of drug-likeness (QED) is 0.564. The molecule has 7 heteroatoms. The van der Waals surface area contributed by atoms with Gasteiger partial charge in [0.15, 0.2) is 6.61 Å². The Labute approximate surface area is 177 Å². The van der Waals surface area contributed by atoms with E-state index in [1.165, 1.54) is 0 Å². The van der Waals surface area contributed by atoms with E-state index in [1.54, 1.807) is 42.6 Å². The molecule has 0 fully saturated rings. The molecule has 0 saturated heterocycles. The summed E-state index contributed by atoms with van der Waals surface area (Å²) in [5.41, 5.74) is 2.83. The smallest absolute Gasteiger partial charge is 0.262 e. The van der Waals surface area contributed by atoms with Crippen molar-refractivity contribution in [2.45, 2.75) is 13.5 Å². The number of hydrogen-bond donors (Lipinski definition) is 2. The highest BCUT2D eigenvalue weighted by Crippen LogP contribution is 2.19. The summed E-state index contributed by atoms with van der Waals surface area (Å²) in [5.74, 6) is -0.265. The summed E-state index contributed by atoms with van der Waals surface area (Å²) in [6.45, 7) is 2.04. The first kappa shape index (κ1) is 20.5. The molecule has 0 aliphatic heterocycles. The molecule has 3 aromatic rings. The molecule has 1 aromatic heterocycles. The lowest BCUT2D eigenvalue weighted by molar-refractivity contribution is -0.118. The molecule has 0 spiro atoms. The Morgan fingerprint density at radius 2 is 1.79 bits per heavy atom. The lowest BCUT2D eigenvalue weighted by atomic mass is 10.1. The largest absolute Gasteiger partial charge is 0.483 e. The molecule has 2 amide bonds. The zero-order valence-corrected chi connectivity index (χ0v) is 17.4. The average molecular weight is 454 g/mol. The van der Waals surface area contributed by atoms with Gasteiger partial charge in [0, 0.05) is 16.4 Å². The molecule has 0 atom stereocenters. The Bertz CT molecular complexity index is 1010. The number of ether oxygens (including phenoxy) is 1. The van der Waals surface area contributed by atoms with Crippen molar-refractivity contribution >= 4 is 33.4 Å². The molecule has 0 bridgehead atoms. The van der Waals surface area contributed by atoms with Crippen LogP contribution in [0.15, 0.2) is 71.3 Å². The van der Waals surface area contributed by atoms with Crippen LogP contribution in [-0.4, -0.2) is 23.4 Å². The fourth-order valence-electron chi connectivity index (χ4n) is 2.62. The number of carbonyl (C=O) groups is 2. The number of carbonyl (C=O) groups excluding carboxylic acids is 2. The van der Waals surface area contributed by atoms with E-state index in [4.69, 9.17) is 4.74 Å². The molecular weight excluding hydrogens is 434 g/mol. The molecule has 6 nitrogen and oxygen atoms in total. The Morgan fingerprint density at radius 3 is 2.55 bits per heavy atom. The number of benzene rings is 2. The van der Waals surface area contributed by atoms with Gasteiger partial charge in [-0.15, -0.1) is 0 Å². The van der Waals surface area contributed by atoms with Crippen molar-refractivity contribution in [1.29, 1.82) is 0 Å². The van der Waals surface area contributed by atoms with E-state index < -0.39 is 0 Å². The number of pyridine rings is 1. The van der Waals surface area contributed by atoms with Crippen molar-refractivity contribution in [2.75, 3.05) is 11.9 Å². The number of anilines is 1. The van der Waals surface area contributed by atoms with E-state index in [-0.39, 0.29) is 18.4 Å². The summed E-state index contributed by atoms with van der Waals surface area (Å²) in [6, 6.07) is 17.8. The first-order chi connectivity index (χ1) is 14.0. The molecule has 0 radical (unpaired) electrons. The van der Waals surface area contributed by atoms with E-state index in [1.807, 2.05) is 31.2 Å². The highest BCUT2D eigenvalue weighted by atomic mass is 79.9. The minimum Gasteiger partial charge on any atom is -0.483 e. The second-order valence-corrected chi connectivity index (χ2v) is 7.21. The number of aryl methyl sites for hydroxylation is 1. The van der Waals surface area contributed by atoms with Gasteiger partial charge in [-0.05, 0) is 55.0 Å². The fourth-order valence-corrected chi connectivity index (χ4v) is 2.88. The zero-order chi connectivity index (χ0) is 20.6. The number of halogens is 1. The van der Waals surface area contributed by atoms with Crippen molar-refractivity contribution < 1.29 is 14.3 Å². The van der Waals surface area contributed by atoms with E-state index in [9.17, 15) is 9.59 Å². The molecule has 2 aromatic carbocycles. The first-order valence-electron chi connectivity index (χ1n) is 8.99. The van der Waals surface area contributed by atoms with Crippen molar-refractivity contribution in [2.24, 2.45) is 0 Å². The minimum absolute atomic E-state index is 0.209. The van der Waals surface area contributed by atoms with Crippen LogP contribution in [0, 0.1) is 6.92 Å². The topological polar surface area (TPSA) is 80.3 Å². The minimum atomic E-state index is -0.313. The van der Waals surface area contributed by atoms with Gasteiger partial charge in [-0.3, -0.25) is 14.6 Å². The van der Waals surface area contributed by atoms with Gasteiger partial charge in [0.25, 0.3) is 11.8 Å². The predicted octanol–water partition coefficient (Wildman–Crippen LogP) is 4.10. The normalized spacial score (nSPS) is 10.3. The van der Waals surface area contributed by atoms with E-state index in [2.05, 4.69) is 31.5 Å². The number of amides is 2. The number of rotatable bonds is 7. The van der Waals surface area contributed by atoms with Crippen LogP contribution in [0.1, 0.15) is 21.6 Å². The van der Waals surface area contributed by atoms with Crippen LogP contribution in [0.2, 0.25) is 0 Å². The summed E-state index contributed by atoms with van der Waals surface area (Å²) < 4.78 is 6.52. The number of hydrogen-bond acceptors (Lipinski definition) is 4. The molecule has 148 valence electrons.